The Bertz CT molecular complexity index is 1070. The highest BCUT2D eigenvalue weighted by atomic mass is 16.6. The van der Waals surface area contributed by atoms with E-state index in [4.69, 9.17) is 9.47 Å². The van der Waals surface area contributed by atoms with Crippen molar-refractivity contribution in [1.82, 2.24) is 15.1 Å². The number of hydrogen-bond acceptors (Lipinski definition) is 8. The molecule has 2 fully saturated rings. The standard InChI is InChI=1S/C25H32N4O7/c1-25(2,3)36-24(34)28-12-9-15(10-13-28)35-14-11-26-17-6-4-5-16-20(17)23(33)29(22(16)32)18-7-8-19(30)27-21(18)31/h4-6,15,18,26H,7-14H2,1-3H3,(H,27,30,31). The number of carbonyl (C=O) groups excluding carboxylic acids is 5. The summed E-state index contributed by atoms with van der Waals surface area (Å²) in [5.41, 5.74) is 0.408. The number of nitrogens with one attached hydrogen (secondary N) is 2. The molecule has 0 bridgehead atoms. The van der Waals surface area contributed by atoms with Gasteiger partial charge in [-0.25, -0.2) is 4.79 Å². The molecule has 1 unspecified atom stereocenters. The first-order valence-electron chi connectivity index (χ1n) is 12.2. The molecule has 1 aromatic rings. The van der Waals surface area contributed by atoms with Gasteiger partial charge in [-0.1, -0.05) is 6.07 Å². The van der Waals surface area contributed by atoms with E-state index in [1.165, 1.54) is 0 Å². The highest BCUT2D eigenvalue weighted by Gasteiger charge is 2.45. The number of benzene rings is 1. The Kier molecular flexibility index (Phi) is 7.30. The van der Waals surface area contributed by atoms with Gasteiger partial charge in [-0.15, -0.1) is 0 Å². The lowest BCUT2D eigenvalue weighted by Gasteiger charge is -2.33. The zero-order valence-electron chi connectivity index (χ0n) is 20.8. The summed E-state index contributed by atoms with van der Waals surface area (Å²) in [5.74, 6) is -2.14. The van der Waals surface area contributed by atoms with Crippen LogP contribution in [-0.4, -0.2) is 83.5 Å². The minimum atomic E-state index is -1.00. The van der Waals surface area contributed by atoms with Crippen molar-refractivity contribution in [2.45, 2.75) is 64.2 Å². The number of anilines is 1. The number of nitrogens with zero attached hydrogens (tertiary/aromatic N) is 2. The molecule has 0 aromatic heterocycles. The third-order valence-corrected chi connectivity index (χ3v) is 6.33. The predicted molar refractivity (Wildman–Crippen MR) is 128 cm³/mol. The Labute approximate surface area is 209 Å². The molecule has 3 heterocycles. The van der Waals surface area contributed by atoms with Crippen molar-refractivity contribution < 1.29 is 33.4 Å². The van der Waals surface area contributed by atoms with Gasteiger partial charge in [-0.05, 0) is 52.2 Å². The summed E-state index contributed by atoms with van der Waals surface area (Å²) in [6.07, 6.45) is 1.29. The van der Waals surface area contributed by atoms with Gasteiger partial charge in [0, 0.05) is 31.7 Å². The second kappa shape index (κ2) is 10.3. The molecule has 5 amide bonds. The van der Waals surface area contributed by atoms with E-state index in [1.807, 2.05) is 20.8 Å². The van der Waals surface area contributed by atoms with Gasteiger partial charge in [0.05, 0.1) is 23.8 Å². The molecule has 36 heavy (non-hydrogen) atoms. The number of ether oxygens (including phenoxy) is 2. The van der Waals surface area contributed by atoms with Crippen LogP contribution >= 0.6 is 0 Å². The SMILES string of the molecule is CC(C)(C)OC(=O)N1CCC(OCCNc2cccc3c2C(=O)N(C2CCC(=O)NC2=O)C3=O)CC1. The van der Waals surface area contributed by atoms with Gasteiger partial charge in [-0.3, -0.25) is 29.4 Å². The molecule has 2 saturated heterocycles. The van der Waals surface area contributed by atoms with E-state index in [0.717, 1.165) is 4.90 Å². The third kappa shape index (κ3) is 5.51. The Morgan fingerprint density at radius 1 is 1.08 bits per heavy atom. The number of amides is 5. The molecule has 1 atom stereocenters. The summed E-state index contributed by atoms with van der Waals surface area (Å²) in [4.78, 5) is 64.6. The summed E-state index contributed by atoms with van der Waals surface area (Å²) < 4.78 is 11.4. The van der Waals surface area contributed by atoms with E-state index in [1.54, 1.807) is 23.1 Å². The third-order valence-electron chi connectivity index (χ3n) is 6.33. The molecule has 194 valence electrons. The zero-order chi connectivity index (χ0) is 26.0. The van der Waals surface area contributed by atoms with Crippen LogP contribution in [0.5, 0.6) is 0 Å². The van der Waals surface area contributed by atoms with Crippen LogP contribution in [0, 0.1) is 0 Å². The lowest BCUT2D eigenvalue weighted by molar-refractivity contribution is -0.136. The minimum Gasteiger partial charge on any atom is -0.444 e. The molecule has 1 aromatic carbocycles. The summed E-state index contributed by atoms with van der Waals surface area (Å²) in [7, 11) is 0. The number of carbonyl (C=O) groups is 5. The molecule has 0 spiro atoms. The van der Waals surface area contributed by atoms with Gasteiger partial charge in [0.2, 0.25) is 11.8 Å². The Balaban J connectivity index is 1.28. The number of hydrogen-bond donors (Lipinski definition) is 2. The van der Waals surface area contributed by atoms with E-state index in [2.05, 4.69) is 10.6 Å². The maximum absolute atomic E-state index is 13.1. The van der Waals surface area contributed by atoms with Gasteiger partial charge in [0.25, 0.3) is 11.8 Å². The molecule has 3 aliphatic heterocycles. The van der Waals surface area contributed by atoms with Crippen LogP contribution in [0.15, 0.2) is 18.2 Å². The van der Waals surface area contributed by atoms with Gasteiger partial charge in [0.1, 0.15) is 11.6 Å². The largest absolute Gasteiger partial charge is 0.444 e. The average molecular weight is 501 g/mol. The summed E-state index contributed by atoms with van der Waals surface area (Å²) in [5, 5.41) is 5.36. The Hall–Kier alpha value is -3.47. The minimum absolute atomic E-state index is 0.0122. The number of likely N-dealkylation sites (tertiary alicyclic amines) is 1. The average Bonchev–Trinajstić information content (AvgIpc) is 3.07. The fourth-order valence-electron chi connectivity index (χ4n) is 4.61. The van der Waals surface area contributed by atoms with Crippen molar-refractivity contribution in [3.05, 3.63) is 29.3 Å². The molecule has 2 N–H and O–H groups in total. The normalized spacial score (nSPS) is 20.9. The first kappa shape index (κ1) is 25.6. The predicted octanol–water partition coefficient (Wildman–Crippen LogP) is 1.92. The zero-order valence-corrected chi connectivity index (χ0v) is 20.8. The quantitative estimate of drug-likeness (QED) is 0.447. The fraction of sp³-hybridized carbons (Fsp3) is 0.560. The van der Waals surface area contributed by atoms with Crippen molar-refractivity contribution in [3.63, 3.8) is 0 Å². The van der Waals surface area contributed by atoms with E-state index < -0.39 is 35.3 Å². The topological polar surface area (TPSA) is 134 Å². The van der Waals surface area contributed by atoms with Crippen LogP contribution in [0.1, 0.15) is 67.2 Å². The number of imide groups is 2. The molecular weight excluding hydrogens is 468 g/mol. The van der Waals surface area contributed by atoms with Gasteiger partial charge < -0.3 is 19.7 Å². The molecule has 3 aliphatic rings. The van der Waals surface area contributed by atoms with Crippen molar-refractivity contribution in [3.8, 4) is 0 Å². The van der Waals surface area contributed by atoms with E-state index in [-0.39, 0.29) is 36.2 Å². The maximum Gasteiger partial charge on any atom is 0.410 e. The van der Waals surface area contributed by atoms with Crippen molar-refractivity contribution in [2.75, 3.05) is 31.6 Å². The highest BCUT2D eigenvalue weighted by Crippen LogP contribution is 2.32. The van der Waals surface area contributed by atoms with E-state index >= 15 is 0 Å². The number of rotatable bonds is 6. The molecule has 4 rings (SSSR count). The van der Waals surface area contributed by atoms with Crippen molar-refractivity contribution in [1.29, 1.82) is 0 Å². The van der Waals surface area contributed by atoms with Crippen LogP contribution in [0.2, 0.25) is 0 Å². The van der Waals surface area contributed by atoms with E-state index in [0.29, 0.717) is 44.8 Å². The second-order valence-electron chi connectivity index (χ2n) is 10.1. The molecular formula is C25H32N4O7. The Morgan fingerprint density at radius 3 is 2.47 bits per heavy atom. The monoisotopic (exact) mass is 500 g/mol. The lowest BCUT2D eigenvalue weighted by atomic mass is 10.0. The summed E-state index contributed by atoms with van der Waals surface area (Å²) in [6, 6.07) is 3.93. The fourth-order valence-corrected chi connectivity index (χ4v) is 4.61. The molecule has 0 saturated carbocycles. The van der Waals surface area contributed by atoms with Crippen LogP contribution in [0.25, 0.3) is 0 Å². The molecule has 0 radical (unpaired) electrons. The lowest BCUT2D eigenvalue weighted by Crippen LogP contribution is -2.54. The van der Waals surface area contributed by atoms with Crippen LogP contribution < -0.4 is 10.6 Å². The molecule has 11 nitrogen and oxygen atoms in total. The van der Waals surface area contributed by atoms with Crippen LogP contribution in [0.4, 0.5) is 10.5 Å². The summed E-state index contributed by atoms with van der Waals surface area (Å²) in [6.45, 7) is 7.42. The Morgan fingerprint density at radius 2 is 1.81 bits per heavy atom. The van der Waals surface area contributed by atoms with Crippen molar-refractivity contribution >= 4 is 35.4 Å². The smallest absolute Gasteiger partial charge is 0.410 e. The second-order valence-corrected chi connectivity index (χ2v) is 10.1. The van der Waals surface area contributed by atoms with Gasteiger partial charge in [0.15, 0.2) is 0 Å². The number of piperidine rings is 2. The van der Waals surface area contributed by atoms with Gasteiger partial charge in [-0.2, -0.15) is 0 Å². The van der Waals surface area contributed by atoms with Crippen molar-refractivity contribution in [2.24, 2.45) is 0 Å². The van der Waals surface area contributed by atoms with E-state index in [9.17, 15) is 24.0 Å². The van der Waals surface area contributed by atoms with Crippen LogP contribution in [0.3, 0.4) is 0 Å². The highest BCUT2D eigenvalue weighted by molar-refractivity contribution is 6.25. The summed E-state index contributed by atoms with van der Waals surface area (Å²) >= 11 is 0. The molecule has 11 heteroatoms. The first-order chi connectivity index (χ1) is 17.0. The first-order valence-corrected chi connectivity index (χ1v) is 12.2. The maximum atomic E-state index is 13.1. The van der Waals surface area contributed by atoms with Crippen LogP contribution in [-0.2, 0) is 19.1 Å². The molecule has 0 aliphatic carbocycles. The van der Waals surface area contributed by atoms with Gasteiger partial charge >= 0.3 is 6.09 Å². The number of fused-ring (bicyclic) bond motifs is 1.